The minimum Gasteiger partial charge on any atom is -0.496 e. The van der Waals surface area contributed by atoms with E-state index >= 15 is 0 Å². The lowest BCUT2D eigenvalue weighted by atomic mass is 10.0. The van der Waals surface area contributed by atoms with E-state index < -0.39 is 0 Å². The molecule has 4 rings (SSSR count). The molecule has 0 spiro atoms. The standard InChI is InChI=1S/C24H26ClN3O3/c1-3-26-12-14-27(15-13-26)22-21(19-6-4-5-7-20(19)31-2)23(29)28(24(22)30)16-17-8-10-18(25)11-9-17/h4-11H,3,12-16H2,1-2H3. The SMILES string of the molecule is CCN1CCN(C2=C(c3ccccc3OC)C(=O)N(Cc3ccc(Cl)cc3)C2=O)CC1. The van der Waals surface area contributed by atoms with Gasteiger partial charge in [0.25, 0.3) is 11.8 Å². The Kier molecular flexibility index (Phi) is 6.30. The summed E-state index contributed by atoms with van der Waals surface area (Å²) in [7, 11) is 1.58. The van der Waals surface area contributed by atoms with Crippen LogP contribution in [0.1, 0.15) is 18.1 Å². The van der Waals surface area contributed by atoms with E-state index in [0.29, 0.717) is 40.7 Å². The van der Waals surface area contributed by atoms with Crippen molar-refractivity contribution in [3.05, 3.63) is 70.4 Å². The van der Waals surface area contributed by atoms with Gasteiger partial charge in [-0.05, 0) is 30.3 Å². The molecule has 0 atom stereocenters. The number of halogens is 1. The number of carbonyl (C=O) groups excluding carboxylic acids is 2. The number of nitrogens with zero attached hydrogens (tertiary/aromatic N) is 3. The van der Waals surface area contributed by atoms with E-state index in [2.05, 4.69) is 16.7 Å². The summed E-state index contributed by atoms with van der Waals surface area (Å²) >= 11 is 5.99. The van der Waals surface area contributed by atoms with Crippen molar-refractivity contribution in [2.24, 2.45) is 0 Å². The van der Waals surface area contributed by atoms with Crippen molar-refractivity contribution in [2.45, 2.75) is 13.5 Å². The van der Waals surface area contributed by atoms with Crippen LogP contribution in [0.15, 0.2) is 54.2 Å². The number of imide groups is 1. The van der Waals surface area contributed by atoms with Gasteiger partial charge in [0, 0.05) is 36.8 Å². The van der Waals surface area contributed by atoms with Gasteiger partial charge in [0.2, 0.25) is 0 Å². The van der Waals surface area contributed by atoms with Gasteiger partial charge in [-0.1, -0.05) is 48.9 Å². The summed E-state index contributed by atoms with van der Waals surface area (Å²) in [6.07, 6.45) is 0. The van der Waals surface area contributed by atoms with E-state index in [1.54, 1.807) is 19.2 Å². The van der Waals surface area contributed by atoms with Gasteiger partial charge in [-0.25, -0.2) is 0 Å². The molecular formula is C24H26ClN3O3. The average molecular weight is 440 g/mol. The average Bonchev–Trinajstić information content (AvgIpc) is 3.05. The minimum absolute atomic E-state index is 0.200. The summed E-state index contributed by atoms with van der Waals surface area (Å²) in [4.78, 5) is 32.8. The van der Waals surface area contributed by atoms with E-state index in [0.717, 1.165) is 25.2 Å². The Balaban J connectivity index is 1.73. The number of amides is 2. The summed E-state index contributed by atoms with van der Waals surface area (Å²) in [5.41, 5.74) is 2.39. The predicted octanol–water partition coefficient (Wildman–Crippen LogP) is 3.27. The van der Waals surface area contributed by atoms with Crippen LogP contribution in [0.3, 0.4) is 0 Å². The molecule has 2 heterocycles. The van der Waals surface area contributed by atoms with Crippen LogP contribution in [0.5, 0.6) is 5.75 Å². The summed E-state index contributed by atoms with van der Waals surface area (Å²) < 4.78 is 5.52. The topological polar surface area (TPSA) is 53.1 Å². The molecule has 0 N–H and O–H groups in total. The van der Waals surface area contributed by atoms with Crippen LogP contribution in [-0.2, 0) is 16.1 Å². The highest BCUT2D eigenvalue weighted by Crippen LogP contribution is 2.37. The van der Waals surface area contributed by atoms with Gasteiger partial charge < -0.3 is 14.5 Å². The minimum atomic E-state index is -0.294. The molecule has 2 aliphatic heterocycles. The highest BCUT2D eigenvalue weighted by atomic mass is 35.5. The first kappa shape index (κ1) is 21.4. The van der Waals surface area contributed by atoms with E-state index in [-0.39, 0.29) is 18.4 Å². The number of rotatable bonds is 6. The third-order valence-corrected chi connectivity index (χ3v) is 6.16. The zero-order chi connectivity index (χ0) is 22.0. The lowest BCUT2D eigenvalue weighted by Crippen LogP contribution is -2.47. The first-order valence-corrected chi connectivity index (χ1v) is 10.9. The maximum Gasteiger partial charge on any atom is 0.278 e. The first-order chi connectivity index (χ1) is 15.0. The van der Waals surface area contributed by atoms with E-state index in [4.69, 9.17) is 16.3 Å². The number of benzene rings is 2. The molecule has 0 unspecified atom stereocenters. The fourth-order valence-corrected chi connectivity index (χ4v) is 4.28. The zero-order valence-corrected chi connectivity index (χ0v) is 18.6. The molecule has 0 aromatic heterocycles. The molecule has 1 saturated heterocycles. The second-order valence-corrected chi connectivity index (χ2v) is 8.10. The first-order valence-electron chi connectivity index (χ1n) is 10.5. The van der Waals surface area contributed by atoms with Crippen LogP contribution < -0.4 is 4.74 Å². The van der Waals surface area contributed by atoms with Crippen molar-refractivity contribution in [2.75, 3.05) is 39.8 Å². The van der Waals surface area contributed by atoms with Gasteiger partial charge in [0.1, 0.15) is 11.4 Å². The van der Waals surface area contributed by atoms with Crippen LogP contribution in [-0.4, -0.2) is 66.3 Å². The number of para-hydroxylation sites is 1. The van der Waals surface area contributed by atoms with Crippen molar-refractivity contribution in [1.82, 2.24) is 14.7 Å². The Morgan fingerprint density at radius 1 is 0.935 bits per heavy atom. The maximum absolute atomic E-state index is 13.6. The Hall–Kier alpha value is -2.83. The molecule has 2 aromatic rings. The summed E-state index contributed by atoms with van der Waals surface area (Å²) in [6.45, 7) is 6.43. The molecule has 2 aliphatic rings. The number of hydrogen-bond acceptors (Lipinski definition) is 5. The summed E-state index contributed by atoms with van der Waals surface area (Å²) in [5.74, 6) is 0.0277. The normalized spacial score (nSPS) is 17.6. The number of likely N-dealkylation sites (N-methyl/N-ethyl adjacent to an activating group) is 1. The molecular weight excluding hydrogens is 414 g/mol. The number of hydrogen-bond donors (Lipinski definition) is 0. The molecule has 6 nitrogen and oxygen atoms in total. The molecule has 0 radical (unpaired) electrons. The fourth-order valence-electron chi connectivity index (χ4n) is 4.15. The molecule has 2 aromatic carbocycles. The second kappa shape index (κ2) is 9.12. The van der Waals surface area contributed by atoms with Crippen LogP contribution in [0.25, 0.3) is 5.57 Å². The lowest BCUT2D eigenvalue weighted by molar-refractivity contribution is -0.138. The monoisotopic (exact) mass is 439 g/mol. The fraction of sp³-hybridized carbons (Fsp3) is 0.333. The van der Waals surface area contributed by atoms with Gasteiger partial charge >= 0.3 is 0 Å². The number of ether oxygens (including phenoxy) is 1. The van der Waals surface area contributed by atoms with Gasteiger partial charge in [0.05, 0.1) is 19.2 Å². The Morgan fingerprint density at radius 2 is 1.61 bits per heavy atom. The molecule has 0 aliphatic carbocycles. The van der Waals surface area contributed by atoms with Crippen LogP contribution in [0.2, 0.25) is 5.02 Å². The zero-order valence-electron chi connectivity index (χ0n) is 17.8. The quantitative estimate of drug-likeness (QED) is 0.646. The summed E-state index contributed by atoms with van der Waals surface area (Å²) in [6, 6.07) is 14.6. The Morgan fingerprint density at radius 3 is 2.26 bits per heavy atom. The highest BCUT2D eigenvalue weighted by molar-refractivity contribution is 6.36. The highest BCUT2D eigenvalue weighted by Gasteiger charge is 2.42. The number of piperazine rings is 1. The van der Waals surface area contributed by atoms with E-state index in [1.165, 1.54) is 4.90 Å². The molecule has 1 fully saturated rings. The molecule has 2 amide bonds. The molecule has 7 heteroatoms. The summed E-state index contributed by atoms with van der Waals surface area (Å²) in [5, 5.41) is 0.616. The number of methoxy groups -OCH3 is 1. The molecule has 0 bridgehead atoms. The lowest BCUT2D eigenvalue weighted by Gasteiger charge is -2.36. The van der Waals surface area contributed by atoms with Gasteiger partial charge in [-0.15, -0.1) is 0 Å². The van der Waals surface area contributed by atoms with Crippen molar-refractivity contribution in [1.29, 1.82) is 0 Å². The van der Waals surface area contributed by atoms with Gasteiger partial charge in [-0.2, -0.15) is 0 Å². The molecule has 31 heavy (non-hydrogen) atoms. The number of carbonyl (C=O) groups is 2. The third kappa shape index (κ3) is 4.18. The van der Waals surface area contributed by atoms with Crippen molar-refractivity contribution in [3.8, 4) is 5.75 Å². The van der Waals surface area contributed by atoms with Crippen molar-refractivity contribution >= 4 is 29.0 Å². The Labute approximate surface area is 187 Å². The molecule has 162 valence electrons. The predicted molar refractivity (Wildman–Crippen MR) is 121 cm³/mol. The van der Waals surface area contributed by atoms with E-state index in [9.17, 15) is 9.59 Å². The Bertz CT molecular complexity index is 1010. The van der Waals surface area contributed by atoms with Gasteiger partial charge in [-0.3, -0.25) is 14.5 Å². The van der Waals surface area contributed by atoms with Gasteiger partial charge in [0.15, 0.2) is 0 Å². The van der Waals surface area contributed by atoms with Crippen molar-refractivity contribution < 1.29 is 14.3 Å². The third-order valence-electron chi connectivity index (χ3n) is 5.91. The van der Waals surface area contributed by atoms with Crippen LogP contribution in [0, 0.1) is 0 Å². The molecule has 0 saturated carbocycles. The smallest absolute Gasteiger partial charge is 0.278 e. The van der Waals surface area contributed by atoms with Crippen LogP contribution >= 0.6 is 11.6 Å². The van der Waals surface area contributed by atoms with E-state index in [1.807, 2.05) is 36.4 Å². The van der Waals surface area contributed by atoms with Crippen LogP contribution in [0.4, 0.5) is 0 Å². The maximum atomic E-state index is 13.6. The largest absolute Gasteiger partial charge is 0.496 e. The van der Waals surface area contributed by atoms with Crippen molar-refractivity contribution in [3.63, 3.8) is 0 Å². The second-order valence-electron chi connectivity index (χ2n) is 7.67.